The number of hydrogen-bond donors (Lipinski definition) is 0. The van der Waals surface area contributed by atoms with E-state index in [1.807, 2.05) is 36.7 Å². The van der Waals surface area contributed by atoms with Gasteiger partial charge in [0, 0.05) is 56.7 Å². The minimum atomic E-state index is -0.0186. The van der Waals surface area contributed by atoms with Crippen LogP contribution in [0, 0.1) is 6.92 Å². The van der Waals surface area contributed by atoms with Crippen molar-refractivity contribution in [1.29, 1.82) is 0 Å². The Morgan fingerprint density at radius 3 is 2.11 bits per heavy atom. The number of fused-ring (bicyclic) bond motifs is 1. The molecule has 1 fully saturated rings. The predicted octanol–water partition coefficient (Wildman–Crippen LogP) is 1.87. The highest BCUT2D eigenvalue weighted by Gasteiger charge is 2.25. The molecule has 0 radical (unpaired) electrons. The van der Waals surface area contributed by atoms with E-state index in [1.54, 1.807) is 34.3 Å². The second kappa shape index (κ2) is 6.83. The zero-order chi connectivity index (χ0) is 19.0. The molecule has 4 rings (SSSR count). The first kappa shape index (κ1) is 17.2. The number of carbonyl (C=O) groups is 2. The summed E-state index contributed by atoms with van der Waals surface area (Å²) in [4.78, 5) is 37.4. The highest BCUT2D eigenvalue weighted by atomic mass is 16.2. The number of aryl methyl sites for hydroxylation is 2. The van der Waals surface area contributed by atoms with Crippen molar-refractivity contribution < 1.29 is 9.59 Å². The smallest absolute Gasteiger partial charge is 0.254 e. The maximum atomic E-state index is 12.9. The molecular formula is C20H21N5O2. The molecule has 0 saturated carbocycles. The quantitative estimate of drug-likeness (QED) is 0.697. The van der Waals surface area contributed by atoms with Crippen LogP contribution in [0.4, 0.5) is 0 Å². The summed E-state index contributed by atoms with van der Waals surface area (Å²) in [6.45, 7) is 4.04. The summed E-state index contributed by atoms with van der Waals surface area (Å²) in [5.41, 5.74) is 3.10. The molecule has 0 atom stereocenters. The molecule has 3 aromatic rings. The number of imidazole rings is 1. The van der Waals surface area contributed by atoms with Gasteiger partial charge in [-0.2, -0.15) is 0 Å². The number of amides is 2. The van der Waals surface area contributed by atoms with Crippen molar-refractivity contribution in [2.24, 2.45) is 7.05 Å². The van der Waals surface area contributed by atoms with Gasteiger partial charge >= 0.3 is 0 Å². The van der Waals surface area contributed by atoms with Crippen molar-refractivity contribution in [3.05, 3.63) is 59.7 Å². The van der Waals surface area contributed by atoms with Crippen LogP contribution in [-0.2, 0) is 7.05 Å². The van der Waals surface area contributed by atoms with Crippen LogP contribution >= 0.6 is 0 Å². The van der Waals surface area contributed by atoms with Crippen LogP contribution < -0.4 is 0 Å². The SMILES string of the molecule is Cc1nc2cc(C(=O)N3CCN(C(=O)c4ccncc4)CC3)ccc2n1C. The Morgan fingerprint density at radius 2 is 1.48 bits per heavy atom. The molecular weight excluding hydrogens is 342 g/mol. The number of pyridine rings is 1. The molecule has 3 heterocycles. The molecule has 1 aliphatic rings. The average Bonchev–Trinajstić information content (AvgIpc) is 3.01. The van der Waals surface area contributed by atoms with Crippen LogP contribution in [0.1, 0.15) is 26.5 Å². The second-order valence-corrected chi connectivity index (χ2v) is 6.74. The lowest BCUT2D eigenvalue weighted by Gasteiger charge is -2.34. The third-order valence-corrected chi connectivity index (χ3v) is 5.13. The molecule has 2 amide bonds. The van der Waals surface area contributed by atoms with E-state index in [9.17, 15) is 9.59 Å². The summed E-state index contributed by atoms with van der Waals surface area (Å²) in [6.07, 6.45) is 3.23. The van der Waals surface area contributed by atoms with E-state index >= 15 is 0 Å². The lowest BCUT2D eigenvalue weighted by Crippen LogP contribution is -2.50. The fraction of sp³-hybridized carbons (Fsp3) is 0.300. The van der Waals surface area contributed by atoms with Crippen molar-refractivity contribution in [2.75, 3.05) is 26.2 Å². The van der Waals surface area contributed by atoms with Crippen molar-refractivity contribution in [3.8, 4) is 0 Å². The Bertz CT molecular complexity index is 1000. The van der Waals surface area contributed by atoms with Crippen molar-refractivity contribution in [3.63, 3.8) is 0 Å². The van der Waals surface area contributed by atoms with E-state index in [0.717, 1.165) is 16.9 Å². The minimum Gasteiger partial charge on any atom is -0.335 e. The van der Waals surface area contributed by atoms with Crippen LogP contribution in [0.5, 0.6) is 0 Å². The summed E-state index contributed by atoms with van der Waals surface area (Å²) in [5.74, 6) is 0.879. The summed E-state index contributed by atoms with van der Waals surface area (Å²) < 4.78 is 2.01. The Hall–Kier alpha value is -3.22. The molecule has 0 N–H and O–H groups in total. The molecule has 0 spiro atoms. The van der Waals surface area contributed by atoms with Gasteiger partial charge in [0.05, 0.1) is 11.0 Å². The van der Waals surface area contributed by atoms with Crippen molar-refractivity contribution in [1.82, 2.24) is 24.3 Å². The normalized spacial score (nSPS) is 14.6. The first-order chi connectivity index (χ1) is 13.0. The van der Waals surface area contributed by atoms with Crippen molar-refractivity contribution in [2.45, 2.75) is 6.92 Å². The third kappa shape index (κ3) is 3.16. The Morgan fingerprint density at radius 1 is 0.889 bits per heavy atom. The first-order valence-electron chi connectivity index (χ1n) is 8.96. The van der Waals surface area contributed by atoms with Gasteiger partial charge in [0.15, 0.2) is 0 Å². The molecule has 7 nitrogen and oxygen atoms in total. The zero-order valence-corrected chi connectivity index (χ0v) is 15.4. The van der Waals surface area contributed by atoms with Gasteiger partial charge in [-0.05, 0) is 37.3 Å². The number of carbonyl (C=O) groups excluding carboxylic acids is 2. The molecule has 2 aromatic heterocycles. The average molecular weight is 363 g/mol. The molecule has 1 aromatic carbocycles. The maximum absolute atomic E-state index is 12.9. The van der Waals surface area contributed by atoms with Gasteiger partial charge in [0.25, 0.3) is 11.8 Å². The number of rotatable bonds is 2. The third-order valence-electron chi connectivity index (χ3n) is 5.13. The standard InChI is InChI=1S/C20H21N5O2/c1-14-22-17-13-16(3-4-18(17)23(14)2)20(27)25-11-9-24(10-12-25)19(26)15-5-7-21-8-6-15/h3-8,13H,9-12H2,1-2H3. The molecule has 0 bridgehead atoms. The first-order valence-corrected chi connectivity index (χ1v) is 8.96. The van der Waals surface area contributed by atoms with E-state index < -0.39 is 0 Å². The molecule has 1 aliphatic heterocycles. The molecule has 138 valence electrons. The Labute approximate surface area is 157 Å². The lowest BCUT2D eigenvalue weighted by molar-refractivity contribution is 0.0535. The fourth-order valence-electron chi connectivity index (χ4n) is 3.43. The van der Waals surface area contributed by atoms with Gasteiger partial charge in [-0.1, -0.05) is 0 Å². The van der Waals surface area contributed by atoms with E-state index in [2.05, 4.69) is 9.97 Å². The highest BCUT2D eigenvalue weighted by molar-refractivity contribution is 5.98. The zero-order valence-electron chi connectivity index (χ0n) is 15.4. The number of hydrogen-bond acceptors (Lipinski definition) is 4. The van der Waals surface area contributed by atoms with Crippen LogP contribution in [0.2, 0.25) is 0 Å². The number of benzene rings is 1. The molecule has 27 heavy (non-hydrogen) atoms. The summed E-state index contributed by atoms with van der Waals surface area (Å²) in [6, 6.07) is 9.05. The van der Waals surface area contributed by atoms with Crippen LogP contribution in [0.25, 0.3) is 11.0 Å². The van der Waals surface area contributed by atoms with Gasteiger partial charge in [-0.25, -0.2) is 4.98 Å². The van der Waals surface area contributed by atoms with Gasteiger partial charge in [0.1, 0.15) is 5.82 Å². The molecule has 7 heteroatoms. The summed E-state index contributed by atoms with van der Waals surface area (Å²) in [7, 11) is 1.96. The maximum Gasteiger partial charge on any atom is 0.254 e. The highest BCUT2D eigenvalue weighted by Crippen LogP contribution is 2.18. The fourth-order valence-corrected chi connectivity index (χ4v) is 3.43. The van der Waals surface area contributed by atoms with E-state index in [0.29, 0.717) is 37.3 Å². The Kier molecular flexibility index (Phi) is 4.35. The van der Waals surface area contributed by atoms with Gasteiger partial charge in [-0.15, -0.1) is 0 Å². The predicted molar refractivity (Wildman–Crippen MR) is 101 cm³/mol. The van der Waals surface area contributed by atoms with E-state index in [1.165, 1.54) is 0 Å². The van der Waals surface area contributed by atoms with E-state index in [-0.39, 0.29) is 11.8 Å². The van der Waals surface area contributed by atoms with Crippen LogP contribution in [0.15, 0.2) is 42.7 Å². The monoisotopic (exact) mass is 363 g/mol. The number of piperazine rings is 1. The summed E-state index contributed by atoms with van der Waals surface area (Å²) >= 11 is 0. The molecule has 1 saturated heterocycles. The lowest BCUT2D eigenvalue weighted by atomic mass is 10.1. The van der Waals surface area contributed by atoms with Crippen LogP contribution in [0.3, 0.4) is 0 Å². The minimum absolute atomic E-state index is 0.0174. The molecule has 0 aliphatic carbocycles. The Balaban J connectivity index is 1.45. The summed E-state index contributed by atoms with van der Waals surface area (Å²) in [5, 5.41) is 0. The second-order valence-electron chi connectivity index (χ2n) is 6.74. The molecule has 0 unspecified atom stereocenters. The van der Waals surface area contributed by atoms with Gasteiger partial charge in [-0.3, -0.25) is 14.6 Å². The number of nitrogens with zero attached hydrogens (tertiary/aromatic N) is 5. The largest absolute Gasteiger partial charge is 0.335 e. The van der Waals surface area contributed by atoms with E-state index in [4.69, 9.17) is 0 Å². The topological polar surface area (TPSA) is 71.3 Å². The number of aromatic nitrogens is 3. The van der Waals surface area contributed by atoms with Crippen LogP contribution in [-0.4, -0.2) is 62.3 Å². The van der Waals surface area contributed by atoms with Gasteiger partial charge in [0.2, 0.25) is 0 Å². The van der Waals surface area contributed by atoms with Crippen molar-refractivity contribution >= 4 is 22.8 Å². The van der Waals surface area contributed by atoms with Gasteiger partial charge < -0.3 is 14.4 Å².